The summed E-state index contributed by atoms with van der Waals surface area (Å²) in [5.74, 6) is -0.158. The van der Waals surface area contributed by atoms with Gasteiger partial charge >= 0.3 is 12.1 Å². The van der Waals surface area contributed by atoms with Crippen LogP contribution in [0.3, 0.4) is 0 Å². The standard InChI is InChI=1S/C26H29NO4/c28-25(29)24(23(16-7-5-8-16)17-9-6-10-17)27-26(30)31-15-22-20-13-3-1-11-18(20)19-12-2-4-14-21(19)22/h1-4,11-14,16-17,22-24H,5-10,15H2,(H,27,30)(H,28,29). The molecule has 162 valence electrons. The molecule has 0 radical (unpaired) electrons. The third-order valence-electron chi connectivity index (χ3n) is 7.66. The van der Waals surface area contributed by atoms with Gasteiger partial charge in [0.2, 0.25) is 0 Å². The average Bonchev–Trinajstić information content (AvgIpc) is 3.01. The van der Waals surface area contributed by atoms with Gasteiger partial charge in [-0.3, -0.25) is 0 Å². The fourth-order valence-electron chi connectivity index (χ4n) is 5.67. The van der Waals surface area contributed by atoms with E-state index in [0.29, 0.717) is 11.8 Å². The molecule has 31 heavy (non-hydrogen) atoms. The lowest BCUT2D eigenvalue weighted by Gasteiger charge is -2.45. The number of carbonyl (C=O) groups excluding carboxylic acids is 1. The number of fused-ring (bicyclic) bond motifs is 3. The Bertz CT molecular complexity index is 919. The maximum Gasteiger partial charge on any atom is 0.407 e. The van der Waals surface area contributed by atoms with Crippen molar-refractivity contribution in [2.45, 2.75) is 50.5 Å². The zero-order valence-corrected chi connectivity index (χ0v) is 17.6. The molecule has 1 atom stereocenters. The van der Waals surface area contributed by atoms with Crippen LogP contribution in [0.25, 0.3) is 11.1 Å². The van der Waals surface area contributed by atoms with Gasteiger partial charge < -0.3 is 15.2 Å². The molecule has 1 unspecified atom stereocenters. The molecule has 2 fully saturated rings. The molecule has 3 aliphatic rings. The van der Waals surface area contributed by atoms with Gasteiger partial charge in [0.15, 0.2) is 0 Å². The van der Waals surface area contributed by atoms with Gasteiger partial charge in [-0.2, -0.15) is 0 Å². The molecule has 2 aromatic rings. The summed E-state index contributed by atoms with van der Waals surface area (Å²) in [7, 11) is 0. The second-order valence-corrected chi connectivity index (χ2v) is 9.25. The van der Waals surface area contributed by atoms with Crippen LogP contribution >= 0.6 is 0 Å². The Balaban J connectivity index is 1.28. The van der Waals surface area contributed by atoms with Gasteiger partial charge in [-0.25, -0.2) is 9.59 Å². The number of rotatable bonds is 7. The molecule has 5 heteroatoms. The highest BCUT2D eigenvalue weighted by molar-refractivity contribution is 5.81. The number of hydrogen-bond acceptors (Lipinski definition) is 3. The van der Waals surface area contributed by atoms with E-state index >= 15 is 0 Å². The number of nitrogens with one attached hydrogen (secondary N) is 1. The monoisotopic (exact) mass is 419 g/mol. The van der Waals surface area contributed by atoms with E-state index < -0.39 is 18.1 Å². The summed E-state index contributed by atoms with van der Waals surface area (Å²) in [4.78, 5) is 24.8. The van der Waals surface area contributed by atoms with Crippen molar-refractivity contribution in [3.05, 3.63) is 59.7 Å². The molecule has 0 saturated heterocycles. The van der Waals surface area contributed by atoms with E-state index in [9.17, 15) is 14.7 Å². The van der Waals surface area contributed by atoms with Crippen molar-refractivity contribution >= 4 is 12.1 Å². The molecule has 0 bridgehead atoms. The Morgan fingerprint density at radius 2 is 1.42 bits per heavy atom. The van der Waals surface area contributed by atoms with Gasteiger partial charge in [0.1, 0.15) is 12.6 Å². The molecule has 0 spiro atoms. The summed E-state index contributed by atoms with van der Waals surface area (Å²) in [6.07, 6.45) is 5.96. The van der Waals surface area contributed by atoms with Gasteiger partial charge in [-0.1, -0.05) is 87.1 Å². The predicted molar refractivity (Wildman–Crippen MR) is 118 cm³/mol. The Morgan fingerprint density at radius 3 is 1.87 bits per heavy atom. The topological polar surface area (TPSA) is 75.6 Å². The summed E-state index contributed by atoms with van der Waals surface area (Å²) in [5, 5.41) is 12.6. The molecule has 0 aromatic heterocycles. The summed E-state index contributed by atoms with van der Waals surface area (Å²) >= 11 is 0. The smallest absolute Gasteiger partial charge is 0.407 e. The van der Waals surface area contributed by atoms with Gasteiger partial charge in [0.05, 0.1) is 0 Å². The van der Waals surface area contributed by atoms with E-state index in [4.69, 9.17) is 4.74 Å². The van der Waals surface area contributed by atoms with Gasteiger partial charge in [-0.15, -0.1) is 0 Å². The number of carbonyl (C=O) groups is 2. The molecular weight excluding hydrogens is 390 g/mol. The second-order valence-electron chi connectivity index (χ2n) is 9.25. The molecule has 5 nitrogen and oxygen atoms in total. The molecule has 0 heterocycles. The first-order chi connectivity index (χ1) is 15.1. The highest BCUT2D eigenvalue weighted by Crippen LogP contribution is 2.46. The molecule has 0 aliphatic heterocycles. The third kappa shape index (κ3) is 3.71. The predicted octanol–water partition coefficient (Wildman–Crippen LogP) is 5.19. The quantitative estimate of drug-likeness (QED) is 0.647. The maximum absolute atomic E-state index is 12.7. The number of alkyl carbamates (subject to hydrolysis) is 1. The van der Waals surface area contributed by atoms with Gasteiger partial charge in [-0.05, 0) is 40.0 Å². The van der Waals surface area contributed by atoms with Crippen LogP contribution < -0.4 is 5.32 Å². The third-order valence-corrected chi connectivity index (χ3v) is 7.66. The highest BCUT2D eigenvalue weighted by atomic mass is 16.5. The number of ether oxygens (including phenoxy) is 1. The normalized spacial score (nSPS) is 19.1. The Hall–Kier alpha value is -2.82. The first-order valence-corrected chi connectivity index (χ1v) is 11.5. The van der Waals surface area contributed by atoms with E-state index in [-0.39, 0.29) is 18.4 Å². The minimum atomic E-state index is -0.947. The summed E-state index contributed by atoms with van der Waals surface area (Å²) < 4.78 is 5.62. The zero-order chi connectivity index (χ0) is 21.4. The molecule has 5 rings (SSSR count). The fourth-order valence-corrected chi connectivity index (χ4v) is 5.67. The van der Waals surface area contributed by atoms with Gasteiger partial charge in [0.25, 0.3) is 0 Å². The van der Waals surface area contributed by atoms with Crippen molar-refractivity contribution in [2.75, 3.05) is 6.61 Å². The van der Waals surface area contributed by atoms with E-state index in [1.807, 2.05) is 24.3 Å². The number of benzene rings is 2. The van der Waals surface area contributed by atoms with Crippen LogP contribution in [0.5, 0.6) is 0 Å². The highest BCUT2D eigenvalue weighted by Gasteiger charge is 2.44. The number of aliphatic carboxylic acids is 1. The van der Waals surface area contributed by atoms with E-state index in [1.165, 1.54) is 11.1 Å². The summed E-state index contributed by atoms with van der Waals surface area (Å²) in [5.41, 5.74) is 4.64. The van der Waals surface area contributed by atoms with Crippen molar-refractivity contribution in [3.8, 4) is 11.1 Å². The summed E-state index contributed by atoms with van der Waals surface area (Å²) in [6, 6.07) is 15.5. The molecule has 2 aromatic carbocycles. The zero-order valence-electron chi connectivity index (χ0n) is 17.6. The number of hydrogen-bond donors (Lipinski definition) is 2. The van der Waals surface area contributed by atoms with Crippen molar-refractivity contribution in [2.24, 2.45) is 17.8 Å². The fraction of sp³-hybridized carbons (Fsp3) is 0.462. The molecule has 3 aliphatic carbocycles. The van der Waals surface area contributed by atoms with Crippen molar-refractivity contribution in [3.63, 3.8) is 0 Å². The molecule has 2 N–H and O–H groups in total. The van der Waals surface area contributed by atoms with Crippen LogP contribution in [0, 0.1) is 17.8 Å². The molecule has 1 amide bonds. The van der Waals surface area contributed by atoms with Crippen LogP contribution in [0.4, 0.5) is 4.79 Å². The molecule has 2 saturated carbocycles. The van der Waals surface area contributed by atoms with Crippen molar-refractivity contribution in [1.82, 2.24) is 5.32 Å². The minimum absolute atomic E-state index is 0.0143. The van der Waals surface area contributed by atoms with E-state index in [0.717, 1.165) is 49.7 Å². The Labute approximate surface area is 182 Å². The van der Waals surface area contributed by atoms with Crippen molar-refractivity contribution in [1.29, 1.82) is 0 Å². The van der Waals surface area contributed by atoms with Crippen LogP contribution in [-0.4, -0.2) is 29.8 Å². The van der Waals surface area contributed by atoms with Crippen LogP contribution in [0.2, 0.25) is 0 Å². The minimum Gasteiger partial charge on any atom is -0.480 e. The van der Waals surface area contributed by atoms with Gasteiger partial charge in [0, 0.05) is 5.92 Å². The maximum atomic E-state index is 12.7. The first kappa shape index (κ1) is 20.1. The number of carboxylic acid groups (broad SMARTS) is 1. The number of carboxylic acids is 1. The van der Waals surface area contributed by atoms with Crippen LogP contribution in [0.15, 0.2) is 48.5 Å². The van der Waals surface area contributed by atoms with Crippen molar-refractivity contribution < 1.29 is 19.4 Å². The van der Waals surface area contributed by atoms with E-state index in [2.05, 4.69) is 29.6 Å². The van der Waals surface area contributed by atoms with E-state index in [1.54, 1.807) is 0 Å². The Kier molecular flexibility index (Phi) is 5.43. The average molecular weight is 420 g/mol. The SMILES string of the molecule is O=C(NC(C(=O)O)C(C1CCC1)C1CCC1)OCC1c2ccccc2-c2ccccc21. The first-order valence-electron chi connectivity index (χ1n) is 11.5. The lowest BCUT2D eigenvalue weighted by molar-refractivity contribution is -0.143. The Morgan fingerprint density at radius 1 is 0.903 bits per heavy atom. The summed E-state index contributed by atoms with van der Waals surface area (Å²) in [6.45, 7) is 0.198. The molecular formula is C26H29NO4. The number of amides is 1. The second kappa shape index (κ2) is 8.37. The van der Waals surface area contributed by atoms with Crippen LogP contribution in [-0.2, 0) is 9.53 Å². The lowest BCUT2D eigenvalue weighted by Crippen LogP contribution is -2.53. The largest absolute Gasteiger partial charge is 0.480 e. The van der Waals surface area contributed by atoms with Crippen LogP contribution in [0.1, 0.15) is 55.6 Å². The lowest BCUT2D eigenvalue weighted by atomic mass is 9.62.